The fraction of sp³-hybridized carbons (Fsp3) is 0.0667. The number of hydrogen-bond donors (Lipinski definition) is 0. The second-order valence-corrected chi connectivity index (χ2v) is 5.78. The molecule has 0 N–H and O–H groups in total. The highest BCUT2D eigenvalue weighted by Crippen LogP contribution is 2.28. The predicted octanol–water partition coefficient (Wildman–Crippen LogP) is 4.65. The SMILES string of the molecule is Cc1nc2ccc(Cl)cc2c(=O)n1-c1c(Cl)cccc1Cl. The minimum atomic E-state index is -0.255. The van der Waals surface area contributed by atoms with E-state index in [2.05, 4.69) is 4.98 Å². The van der Waals surface area contributed by atoms with Crippen molar-refractivity contribution in [3.8, 4) is 5.69 Å². The molecule has 0 aliphatic carbocycles. The first-order chi connectivity index (χ1) is 9.99. The van der Waals surface area contributed by atoms with Crippen molar-refractivity contribution in [2.45, 2.75) is 6.92 Å². The van der Waals surface area contributed by atoms with E-state index in [1.807, 2.05) is 0 Å². The first kappa shape index (κ1) is 14.4. The van der Waals surface area contributed by atoms with Crippen molar-refractivity contribution in [1.82, 2.24) is 9.55 Å². The van der Waals surface area contributed by atoms with Gasteiger partial charge in [0.2, 0.25) is 0 Å². The molecule has 21 heavy (non-hydrogen) atoms. The van der Waals surface area contributed by atoms with Crippen LogP contribution in [0.25, 0.3) is 16.6 Å². The van der Waals surface area contributed by atoms with Gasteiger partial charge in [-0.25, -0.2) is 4.98 Å². The Hall–Kier alpha value is -1.55. The van der Waals surface area contributed by atoms with Gasteiger partial charge in [0.25, 0.3) is 5.56 Å². The standard InChI is InChI=1S/C15H9Cl3N2O/c1-8-19-13-6-5-9(16)7-10(13)15(21)20(8)14-11(17)3-2-4-12(14)18/h2-7H,1H3. The number of fused-ring (bicyclic) bond motifs is 1. The van der Waals surface area contributed by atoms with Crippen LogP contribution in [-0.2, 0) is 0 Å². The number of aromatic nitrogens is 2. The molecule has 106 valence electrons. The van der Waals surface area contributed by atoms with Crippen molar-refractivity contribution in [2.75, 3.05) is 0 Å². The zero-order valence-corrected chi connectivity index (χ0v) is 13.2. The maximum Gasteiger partial charge on any atom is 0.266 e. The number of benzene rings is 2. The summed E-state index contributed by atoms with van der Waals surface area (Å²) in [6, 6.07) is 10.1. The Bertz CT molecular complexity index is 898. The fourth-order valence-electron chi connectivity index (χ4n) is 2.23. The summed E-state index contributed by atoms with van der Waals surface area (Å²) in [6.45, 7) is 1.73. The predicted molar refractivity (Wildman–Crippen MR) is 87.1 cm³/mol. The second-order valence-electron chi connectivity index (χ2n) is 4.53. The Labute approximate surface area is 135 Å². The topological polar surface area (TPSA) is 34.9 Å². The van der Waals surface area contributed by atoms with Crippen LogP contribution in [0, 0.1) is 6.92 Å². The Morgan fingerprint density at radius 2 is 1.71 bits per heavy atom. The van der Waals surface area contributed by atoms with Gasteiger partial charge in [-0.05, 0) is 37.3 Å². The zero-order chi connectivity index (χ0) is 15.1. The third-order valence-electron chi connectivity index (χ3n) is 3.16. The van der Waals surface area contributed by atoms with E-state index in [9.17, 15) is 4.79 Å². The quantitative estimate of drug-likeness (QED) is 0.646. The van der Waals surface area contributed by atoms with Crippen LogP contribution >= 0.6 is 34.8 Å². The smallest absolute Gasteiger partial charge is 0.266 e. The molecule has 1 heterocycles. The monoisotopic (exact) mass is 338 g/mol. The number of para-hydroxylation sites is 1. The van der Waals surface area contributed by atoms with Gasteiger partial charge in [0.15, 0.2) is 0 Å². The van der Waals surface area contributed by atoms with Gasteiger partial charge in [0.05, 0.1) is 26.6 Å². The van der Waals surface area contributed by atoms with Gasteiger partial charge in [-0.15, -0.1) is 0 Å². The minimum absolute atomic E-state index is 0.255. The summed E-state index contributed by atoms with van der Waals surface area (Å²) in [5, 5.41) is 1.66. The van der Waals surface area contributed by atoms with Crippen LogP contribution in [0.4, 0.5) is 0 Å². The lowest BCUT2D eigenvalue weighted by Gasteiger charge is -2.13. The van der Waals surface area contributed by atoms with Crippen molar-refractivity contribution in [2.24, 2.45) is 0 Å². The Kier molecular flexibility index (Phi) is 3.66. The molecular formula is C15H9Cl3N2O. The van der Waals surface area contributed by atoms with Crippen LogP contribution in [0.1, 0.15) is 5.82 Å². The van der Waals surface area contributed by atoms with Gasteiger partial charge in [-0.1, -0.05) is 40.9 Å². The minimum Gasteiger partial charge on any atom is -0.268 e. The molecule has 0 radical (unpaired) electrons. The van der Waals surface area contributed by atoms with Gasteiger partial charge in [-0.2, -0.15) is 0 Å². The lowest BCUT2D eigenvalue weighted by Crippen LogP contribution is -2.22. The average molecular weight is 340 g/mol. The number of hydrogen-bond acceptors (Lipinski definition) is 2. The third-order valence-corrected chi connectivity index (χ3v) is 4.00. The number of aryl methyl sites for hydroxylation is 1. The fourth-order valence-corrected chi connectivity index (χ4v) is 2.97. The van der Waals surface area contributed by atoms with E-state index in [1.54, 1.807) is 43.3 Å². The summed E-state index contributed by atoms with van der Waals surface area (Å²) in [7, 11) is 0. The van der Waals surface area contributed by atoms with Crippen LogP contribution in [0.2, 0.25) is 15.1 Å². The van der Waals surface area contributed by atoms with Crippen molar-refractivity contribution in [1.29, 1.82) is 0 Å². The van der Waals surface area contributed by atoms with Crippen molar-refractivity contribution in [3.05, 3.63) is 67.6 Å². The summed E-state index contributed by atoms with van der Waals surface area (Å²) < 4.78 is 1.41. The molecule has 0 aliphatic heterocycles. The van der Waals surface area contributed by atoms with Crippen LogP contribution in [0.15, 0.2) is 41.2 Å². The van der Waals surface area contributed by atoms with E-state index in [-0.39, 0.29) is 5.56 Å². The summed E-state index contributed by atoms with van der Waals surface area (Å²) in [6.07, 6.45) is 0. The molecular weight excluding hydrogens is 331 g/mol. The lowest BCUT2D eigenvalue weighted by molar-refractivity contribution is 0.895. The molecule has 3 rings (SSSR count). The number of nitrogens with zero attached hydrogens (tertiary/aromatic N) is 2. The normalized spacial score (nSPS) is 11.0. The summed E-state index contributed by atoms with van der Waals surface area (Å²) in [5.41, 5.74) is 0.758. The molecule has 0 amide bonds. The molecule has 3 aromatic rings. The Morgan fingerprint density at radius 3 is 2.38 bits per heavy atom. The van der Waals surface area contributed by atoms with E-state index in [4.69, 9.17) is 34.8 Å². The lowest BCUT2D eigenvalue weighted by atomic mass is 10.2. The molecule has 0 atom stereocenters. The van der Waals surface area contributed by atoms with E-state index in [1.165, 1.54) is 4.57 Å². The van der Waals surface area contributed by atoms with Crippen LogP contribution < -0.4 is 5.56 Å². The van der Waals surface area contributed by atoms with Gasteiger partial charge in [0.1, 0.15) is 5.82 Å². The molecule has 0 saturated heterocycles. The summed E-state index contributed by atoms with van der Waals surface area (Å²) in [4.78, 5) is 17.2. The molecule has 0 bridgehead atoms. The van der Waals surface area contributed by atoms with Crippen LogP contribution in [-0.4, -0.2) is 9.55 Å². The largest absolute Gasteiger partial charge is 0.268 e. The maximum atomic E-state index is 12.8. The molecule has 0 unspecified atom stereocenters. The van der Waals surface area contributed by atoms with Gasteiger partial charge in [-0.3, -0.25) is 9.36 Å². The molecule has 6 heteroatoms. The van der Waals surface area contributed by atoms with Crippen LogP contribution in [0.5, 0.6) is 0 Å². The zero-order valence-electron chi connectivity index (χ0n) is 10.9. The molecule has 1 aromatic heterocycles. The summed E-state index contributed by atoms with van der Waals surface area (Å²) in [5.74, 6) is 0.504. The number of rotatable bonds is 1. The number of halogens is 3. The second kappa shape index (κ2) is 5.34. The molecule has 3 nitrogen and oxygen atoms in total. The van der Waals surface area contributed by atoms with E-state index < -0.39 is 0 Å². The van der Waals surface area contributed by atoms with Gasteiger partial charge < -0.3 is 0 Å². The van der Waals surface area contributed by atoms with Crippen molar-refractivity contribution < 1.29 is 0 Å². The van der Waals surface area contributed by atoms with Crippen molar-refractivity contribution in [3.63, 3.8) is 0 Å². The van der Waals surface area contributed by atoms with Crippen LogP contribution in [0.3, 0.4) is 0 Å². The Morgan fingerprint density at radius 1 is 1.05 bits per heavy atom. The molecule has 0 aliphatic rings. The molecule has 0 spiro atoms. The average Bonchev–Trinajstić information content (AvgIpc) is 2.43. The van der Waals surface area contributed by atoms with E-state index in [0.29, 0.717) is 37.5 Å². The molecule has 0 saturated carbocycles. The molecule has 0 fully saturated rings. The van der Waals surface area contributed by atoms with E-state index in [0.717, 1.165) is 0 Å². The highest BCUT2D eigenvalue weighted by molar-refractivity contribution is 6.37. The Balaban J connectivity index is 2.46. The van der Waals surface area contributed by atoms with Crippen molar-refractivity contribution >= 4 is 45.7 Å². The molecule has 2 aromatic carbocycles. The highest BCUT2D eigenvalue weighted by Gasteiger charge is 2.15. The third kappa shape index (κ3) is 2.42. The van der Waals surface area contributed by atoms with E-state index >= 15 is 0 Å². The highest BCUT2D eigenvalue weighted by atomic mass is 35.5. The summed E-state index contributed by atoms with van der Waals surface area (Å²) >= 11 is 18.3. The first-order valence-corrected chi connectivity index (χ1v) is 7.26. The van der Waals surface area contributed by atoms with Gasteiger partial charge in [0, 0.05) is 5.02 Å². The maximum absolute atomic E-state index is 12.8. The van der Waals surface area contributed by atoms with Gasteiger partial charge >= 0.3 is 0 Å². The first-order valence-electron chi connectivity index (χ1n) is 6.12.